The zero-order valence-electron chi connectivity index (χ0n) is 21.7. The van der Waals surface area contributed by atoms with Crippen molar-refractivity contribution >= 4 is 6.34 Å². The van der Waals surface area contributed by atoms with Gasteiger partial charge in [-0.2, -0.15) is 0 Å². The molecule has 1 heterocycles. The molecule has 1 atom stereocenters. The van der Waals surface area contributed by atoms with E-state index in [-0.39, 0.29) is 6.10 Å². The van der Waals surface area contributed by atoms with Crippen LogP contribution in [0.2, 0.25) is 0 Å². The third-order valence-electron chi connectivity index (χ3n) is 5.15. The number of likely N-dealkylation sites (N-methyl/N-ethyl adjacent to an activating group) is 1. The average molecular weight is 474 g/mol. The Balaban J connectivity index is 0.00000133. The molecule has 0 amide bonds. The molecule has 0 aromatic heterocycles. The van der Waals surface area contributed by atoms with Crippen molar-refractivity contribution in [3.8, 4) is 17.2 Å². The second kappa shape index (κ2) is 16.6. The SMILES string of the molecule is C/C=C(\C)NC/C=C(\N=C/N)Oc1cc(OC)c(OC2CCN(C)C2)cc1CNC.C=CCC. The topological polar surface area (TPSA) is 93.4 Å². The normalized spacial score (nSPS) is 16.7. The van der Waals surface area contributed by atoms with Crippen molar-refractivity contribution in [1.82, 2.24) is 15.5 Å². The number of hydrogen-bond acceptors (Lipinski definition) is 7. The van der Waals surface area contributed by atoms with Crippen LogP contribution in [0.25, 0.3) is 0 Å². The summed E-state index contributed by atoms with van der Waals surface area (Å²) in [6.07, 6.45) is 9.16. The second-order valence-electron chi connectivity index (χ2n) is 7.90. The first-order valence-corrected chi connectivity index (χ1v) is 11.7. The molecule has 8 heteroatoms. The number of rotatable bonds is 12. The molecule has 4 N–H and O–H groups in total. The van der Waals surface area contributed by atoms with Gasteiger partial charge in [-0.25, -0.2) is 4.99 Å². The first-order chi connectivity index (χ1) is 16.4. The molecule has 1 fully saturated rings. The van der Waals surface area contributed by atoms with E-state index in [4.69, 9.17) is 19.9 Å². The van der Waals surface area contributed by atoms with E-state index in [1.165, 1.54) is 6.34 Å². The Hall–Kier alpha value is -2.97. The minimum absolute atomic E-state index is 0.149. The lowest BCUT2D eigenvalue weighted by Gasteiger charge is -2.19. The van der Waals surface area contributed by atoms with Crippen LogP contribution in [-0.2, 0) is 6.54 Å². The van der Waals surface area contributed by atoms with Crippen LogP contribution >= 0.6 is 0 Å². The Kier molecular flexibility index (Phi) is 14.2. The van der Waals surface area contributed by atoms with Crippen molar-refractivity contribution in [2.75, 3.05) is 40.8 Å². The van der Waals surface area contributed by atoms with Gasteiger partial charge in [0.1, 0.15) is 11.9 Å². The van der Waals surface area contributed by atoms with Crippen LogP contribution in [0.1, 0.15) is 39.2 Å². The summed E-state index contributed by atoms with van der Waals surface area (Å²) in [5.41, 5.74) is 7.52. The van der Waals surface area contributed by atoms with Gasteiger partial charge in [-0.15, -0.1) is 6.58 Å². The molecule has 190 valence electrons. The number of nitrogens with zero attached hydrogens (tertiary/aromatic N) is 2. The molecule has 2 rings (SSSR count). The lowest BCUT2D eigenvalue weighted by Crippen LogP contribution is -2.21. The number of hydrogen-bond donors (Lipinski definition) is 3. The number of nitrogens with two attached hydrogens (primary N) is 1. The number of nitrogens with one attached hydrogen (secondary N) is 2. The average Bonchev–Trinajstić information content (AvgIpc) is 3.25. The molecule has 1 aromatic carbocycles. The monoisotopic (exact) mass is 473 g/mol. The molecular weight excluding hydrogens is 430 g/mol. The Labute approximate surface area is 205 Å². The van der Waals surface area contributed by atoms with Gasteiger partial charge in [0.25, 0.3) is 0 Å². The molecule has 1 aliphatic rings. The lowest BCUT2D eigenvalue weighted by molar-refractivity contribution is 0.199. The van der Waals surface area contributed by atoms with Crippen molar-refractivity contribution in [3.63, 3.8) is 0 Å². The molecule has 1 saturated heterocycles. The fourth-order valence-corrected chi connectivity index (χ4v) is 3.14. The van der Waals surface area contributed by atoms with E-state index in [1.807, 2.05) is 51.3 Å². The molecule has 0 bridgehead atoms. The molecular formula is C26H43N5O3. The minimum atomic E-state index is 0.149. The summed E-state index contributed by atoms with van der Waals surface area (Å²) in [6, 6.07) is 3.81. The molecule has 34 heavy (non-hydrogen) atoms. The highest BCUT2D eigenvalue weighted by Gasteiger charge is 2.23. The summed E-state index contributed by atoms with van der Waals surface area (Å²) >= 11 is 0. The van der Waals surface area contributed by atoms with E-state index >= 15 is 0 Å². The van der Waals surface area contributed by atoms with Gasteiger partial charge in [-0.3, -0.25) is 0 Å². The highest BCUT2D eigenvalue weighted by molar-refractivity contribution is 5.54. The molecule has 1 aromatic rings. The third-order valence-corrected chi connectivity index (χ3v) is 5.15. The number of likely N-dealkylation sites (tertiary alicyclic amines) is 1. The summed E-state index contributed by atoms with van der Waals surface area (Å²) < 4.78 is 17.9. The van der Waals surface area contributed by atoms with E-state index in [0.717, 1.165) is 37.2 Å². The van der Waals surface area contributed by atoms with Crippen molar-refractivity contribution < 1.29 is 14.2 Å². The van der Waals surface area contributed by atoms with Gasteiger partial charge < -0.3 is 35.5 Å². The van der Waals surface area contributed by atoms with Crippen molar-refractivity contribution in [1.29, 1.82) is 0 Å². The number of allylic oxidation sites excluding steroid dienone is 3. The van der Waals surface area contributed by atoms with Crippen molar-refractivity contribution in [3.05, 3.63) is 54.1 Å². The van der Waals surface area contributed by atoms with Gasteiger partial charge in [-0.1, -0.05) is 19.1 Å². The molecule has 0 aliphatic carbocycles. The maximum absolute atomic E-state index is 6.24. The van der Waals surface area contributed by atoms with Crippen LogP contribution in [-0.4, -0.2) is 58.2 Å². The van der Waals surface area contributed by atoms with E-state index in [1.54, 1.807) is 7.11 Å². The van der Waals surface area contributed by atoms with Gasteiger partial charge in [0.05, 0.1) is 13.4 Å². The van der Waals surface area contributed by atoms with Crippen LogP contribution < -0.4 is 30.6 Å². The summed E-state index contributed by atoms with van der Waals surface area (Å²) in [4.78, 5) is 6.41. The zero-order chi connectivity index (χ0) is 25.3. The van der Waals surface area contributed by atoms with Crippen molar-refractivity contribution in [2.24, 2.45) is 10.7 Å². The third kappa shape index (κ3) is 10.3. The minimum Gasteiger partial charge on any atom is -0.493 e. The van der Waals surface area contributed by atoms with E-state index in [2.05, 4.69) is 41.1 Å². The molecule has 1 unspecified atom stereocenters. The molecule has 0 radical (unpaired) electrons. The Bertz CT molecular complexity index is 836. The van der Waals surface area contributed by atoms with E-state index in [0.29, 0.717) is 36.2 Å². The largest absolute Gasteiger partial charge is 0.493 e. The molecule has 1 aliphatic heterocycles. The van der Waals surface area contributed by atoms with Gasteiger partial charge in [0.2, 0.25) is 5.88 Å². The van der Waals surface area contributed by atoms with Crippen LogP contribution in [0, 0.1) is 0 Å². The molecule has 8 nitrogen and oxygen atoms in total. The maximum Gasteiger partial charge on any atom is 0.218 e. The maximum atomic E-state index is 6.24. The van der Waals surface area contributed by atoms with Gasteiger partial charge in [0.15, 0.2) is 11.5 Å². The van der Waals surface area contributed by atoms with Crippen LogP contribution in [0.5, 0.6) is 17.2 Å². The number of ether oxygens (including phenoxy) is 3. The fourth-order valence-electron chi connectivity index (χ4n) is 3.14. The fraction of sp³-hybridized carbons (Fsp3) is 0.500. The highest BCUT2D eigenvalue weighted by Crippen LogP contribution is 2.37. The standard InChI is InChI=1S/C22H35N5O3.C4H8/c1-6-16(2)25-9-7-22(26-15-23)30-19-12-20(28-5)21(11-17(19)13-24-3)29-18-8-10-27(4)14-18;1-3-4-2/h6-7,11-12,15,18,24-25H,8-10,13-14H2,1-5H3,(H2,23,26);3H,1,4H2,2H3/b16-6+,22-7+;. The Morgan fingerprint density at radius 3 is 2.59 bits per heavy atom. The highest BCUT2D eigenvalue weighted by atomic mass is 16.5. The van der Waals surface area contributed by atoms with Gasteiger partial charge in [0, 0.05) is 43.5 Å². The van der Waals surface area contributed by atoms with Crippen LogP contribution in [0.15, 0.2) is 53.5 Å². The summed E-state index contributed by atoms with van der Waals surface area (Å²) in [5.74, 6) is 2.38. The zero-order valence-corrected chi connectivity index (χ0v) is 21.7. The van der Waals surface area contributed by atoms with E-state index < -0.39 is 0 Å². The number of benzene rings is 1. The Morgan fingerprint density at radius 1 is 1.32 bits per heavy atom. The number of methoxy groups -OCH3 is 1. The smallest absolute Gasteiger partial charge is 0.218 e. The first kappa shape index (κ1) is 29.1. The van der Waals surface area contributed by atoms with Gasteiger partial charge in [-0.05, 0) is 52.9 Å². The van der Waals surface area contributed by atoms with Crippen LogP contribution in [0.4, 0.5) is 0 Å². The predicted octanol–water partition coefficient (Wildman–Crippen LogP) is 3.80. The van der Waals surface area contributed by atoms with Crippen molar-refractivity contribution in [2.45, 2.75) is 46.3 Å². The summed E-state index contributed by atoms with van der Waals surface area (Å²) in [5, 5.41) is 6.43. The summed E-state index contributed by atoms with van der Waals surface area (Å²) in [7, 11) is 5.62. The quantitative estimate of drug-likeness (QED) is 0.184. The molecule has 0 spiro atoms. The Morgan fingerprint density at radius 2 is 2.06 bits per heavy atom. The molecule has 0 saturated carbocycles. The first-order valence-electron chi connectivity index (χ1n) is 11.7. The van der Waals surface area contributed by atoms with E-state index in [9.17, 15) is 0 Å². The predicted molar refractivity (Wildman–Crippen MR) is 142 cm³/mol. The van der Waals surface area contributed by atoms with Gasteiger partial charge >= 0.3 is 0 Å². The summed E-state index contributed by atoms with van der Waals surface area (Å²) in [6.45, 7) is 12.6. The second-order valence-corrected chi connectivity index (χ2v) is 7.90. The lowest BCUT2D eigenvalue weighted by atomic mass is 10.1. The number of aliphatic imine (C=N–C) groups is 1. The van der Waals surface area contributed by atoms with Crippen LogP contribution in [0.3, 0.4) is 0 Å².